The summed E-state index contributed by atoms with van der Waals surface area (Å²) in [6.45, 7) is 6.51. The summed E-state index contributed by atoms with van der Waals surface area (Å²) in [6.07, 6.45) is -0.102. The molecule has 5 aromatic rings. The number of ether oxygens (including phenoxy) is 5. The van der Waals surface area contributed by atoms with E-state index in [1.807, 2.05) is 61.5 Å². The Hall–Kier alpha value is -8.72. The summed E-state index contributed by atoms with van der Waals surface area (Å²) in [5.74, 6) is -2.72. The Balaban J connectivity index is 0.850. The number of likely N-dealkylation sites (tertiary alicyclic amines) is 1. The molecule has 2 aliphatic rings. The number of fused-ring (bicyclic) bond motifs is 4. The molecule has 0 bridgehead atoms. The van der Waals surface area contributed by atoms with Gasteiger partial charge in [0.25, 0.3) is 5.91 Å². The zero-order valence-electron chi connectivity index (χ0n) is 52.4. The molecule has 492 valence electrons. The van der Waals surface area contributed by atoms with E-state index in [2.05, 4.69) is 26.3 Å². The molecule has 0 unspecified atom stereocenters. The first-order valence-corrected chi connectivity index (χ1v) is 31.0. The van der Waals surface area contributed by atoms with Gasteiger partial charge in [-0.1, -0.05) is 50.2 Å². The highest BCUT2D eigenvalue weighted by atomic mass is 35.5. The Morgan fingerprint density at radius 1 is 0.780 bits per heavy atom. The fraction of sp³-hybridized carbons (Fsp3) is 0.484. The molecule has 91 heavy (non-hydrogen) atoms. The lowest BCUT2D eigenvalue weighted by atomic mass is 9.95. The van der Waals surface area contributed by atoms with Crippen molar-refractivity contribution in [2.45, 2.75) is 77.0 Å². The predicted octanol–water partition coefficient (Wildman–Crippen LogP) is 6.09. The van der Waals surface area contributed by atoms with Crippen LogP contribution in [-0.2, 0) is 44.8 Å². The fourth-order valence-corrected chi connectivity index (χ4v) is 10.7. The number of hydrogen-bond donors (Lipinski definition) is 7. The molecule has 1 fully saturated rings. The number of aromatic nitrogens is 1. The number of aliphatic carboxylic acids is 1. The average molecular weight is 1280 g/mol. The van der Waals surface area contributed by atoms with Gasteiger partial charge in [-0.3, -0.25) is 28.8 Å². The van der Waals surface area contributed by atoms with Crippen LogP contribution in [0, 0.1) is 11.8 Å². The number of H-pyrrole nitrogens is 1. The van der Waals surface area contributed by atoms with Crippen molar-refractivity contribution >= 4 is 98.4 Å². The maximum atomic E-state index is 14.4. The number of aromatic amines is 1. The van der Waals surface area contributed by atoms with E-state index in [1.165, 1.54) is 16.8 Å². The molecule has 7 rings (SSSR count). The van der Waals surface area contributed by atoms with Crippen LogP contribution in [0.3, 0.4) is 0 Å². The Morgan fingerprint density at radius 2 is 1.46 bits per heavy atom. The minimum absolute atomic E-state index is 0.00295. The molecule has 8 N–H and O–H groups in total. The molecule has 3 atom stereocenters. The van der Waals surface area contributed by atoms with Gasteiger partial charge in [-0.2, -0.15) is 0 Å². The second-order valence-electron chi connectivity index (χ2n) is 23.2. The number of carbonyl (C=O) groups is 9. The minimum Gasteiger partial charge on any atom is -0.492 e. The summed E-state index contributed by atoms with van der Waals surface area (Å²) in [5.41, 5.74) is 8.81. The van der Waals surface area contributed by atoms with Crippen LogP contribution in [0.15, 0.2) is 78.9 Å². The zero-order chi connectivity index (χ0) is 65.7. The van der Waals surface area contributed by atoms with Gasteiger partial charge < -0.3 is 85.3 Å². The van der Waals surface area contributed by atoms with Gasteiger partial charge in [0.15, 0.2) is 0 Å². The first-order valence-electron chi connectivity index (χ1n) is 30.4. The highest BCUT2D eigenvalue weighted by Crippen LogP contribution is 2.46. The van der Waals surface area contributed by atoms with Crippen molar-refractivity contribution in [2.24, 2.45) is 17.6 Å². The number of primary amides is 1. The largest absolute Gasteiger partial charge is 0.492 e. The summed E-state index contributed by atoms with van der Waals surface area (Å²) in [6, 6.07) is 20.3. The Bertz CT molecular complexity index is 3360. The number of hydrogen-bond acceptors (Lipinski definition) is 15. The van der Waals surface area contributed by atoms with E-state index in [9.17, 15) is 48.3 Å². The van der Waals surface area contributed by atoms with Crippen LogP contribution in [0.2, 0.25) is 0 Å². The van der Waals surface area contributed by atoms with E-state index in [1.54, 1.807) is 67.1 Å². The van der Waals surface area contributed by atoms with Crippen LogP contribution < -0.4 is 41.4 Å². The predicted molar refractivity (Wildman–Crippen MR) is 341 cm³/mol. The topological polar surface area (TPSA) is 326 Å². The quantitative estimate of drug-likeness (QED) is 0.0189. The number of nitrogens with zero attached hydrogens (tertiary/aromatic N) is 5. The summed E-state index contributed by atoms with van der Waals surface area (Å²) in [5, 5.41) is 22.2. The normalized spacial score (nSPS) is 14.6. The van der Waals surface area contributed by atoms with Gasteiger partial charge in [0, 0.05) is 106 Å². The smallest absolute Gasteiger partial charge is 0.415 e. The lowest BCUT2D eigenvalue weighted by molar-refractivity contribution is -0.146. The second kappa shape index (κ2) is 33.9. The molecule has 26 nitrogen and oxygen atoms in total. The first kappa shape index (κ1) is 69.7. The minimum atomic E-state index is -1.08. The molecule has 0 saturated carbocycles. The summed E-state index contributed by atoms with van der Waals surface area (Å²) in [7, 11) is 7.03. The molecule has 4 aromatic carbocycles. The number of piperidine rings is 1. The maximum Gasteiger partial charge on any atom is 0.415 e. The maximum absolute atomic E-state index is 14.4. The van der Waals surface area contributed by atoms with Gasteiger partial charge in [0.05, 0.1) is 44.5 Å². The molecular formula is C64H84ClN11O15. The number of likely N-dealkylation sites (N-methyl/N-ethyl adjacent to an activating group) is 3. The molecule has 3 heterocycles. The molecule has 9 amide bonds. The number of alkyl halides is 1. The zero-order valence-corrected chi connectivity index (χ0v) is 53.1. The summed E-state index contributed by atoms with van der Waals surface area (Å²) >= 11 is 6.57. The lowest BCUT2D eigenvalue weighted by Gasteiger charge is -2.30. The molecule has 2 aliphatic heterocycles. The third-order valence-corrected chi connectivity index (χ3v) is 16.1. The van der Waals surface area contributed by atoms with Crippen LogP contribution in [0.25, 0.3) is 21.7 Å². The highest BCUT2D eigenvalue weighted by molar-refractivity contribution is 6.19. The van der Waals surface area contributed by atoms with E-state index < -0.39 is 65.8 Å². The molecule has 1 saturated heterocycles. The van der Waals surface area contributed by atoms with Gasteiger partial charge in [0.1, 0.15) is 42.5 Å². The number of rotatable bonds is 32. The number of urea groups is 1. The van der Waals surface area contributed by atoms with E-state index >= 15 is 0 Å². The van der Waals surface area contributed by atoms with E-state index in [0.29, 0.717) is 72.9 Å². The number of nitrogens with one attached hydrogen (secondary N) is 5. The van der Waals surface area contributed by atoms with Crippen molar-refractivity contribution in [3.8, 4) is 11.5 Å². The molecular weight excluding hydrogens is 1200 g/mol. The van der Waals surface area contributed by atoms with Crippen molar-refractivity contribution in [3.05, 3.63) is 95.7 Å². The third kappa shape index (κ3) is 20.1. The number of anilines is 2. The molecule has 0 spiro atoms. The van der Waals surface area contributed by atoms with Crippen LogP contribution in [0.4, 0.5) is 25.8 Å². The number of carboxylic acids is 1. The standard InChI is InChI=1S/C64H84ClN11O15/c1-40(2)57(71-58(79)50(12-9-23-67-62(66)84)70-54(77)21-29-87-32-33-88-30-22-55(78)75-24-19-42(20-25-75)61(82)83)59(80)68-45-15-13-41(14-16-45)39-90-63(85)73(5)26-27-74(6)64(86)91-53-36-52-56(48-11-8-7-10-47(48)53)44(37-65)38-76(52)60(81)51-35-43-34-46(17-18-49(43)69-51)89-31-28-72(3)4/h7-8,10-11,13-18,34-36,40,42,44,50,57,69H,9,12,19-33,37-39H2,1-6H3,(H,68,80)(H,70,77)(H,71,79)(H,82,83)(H3,66,67,84)/t44-,50+,57+/m1/s1. The number of carbonyl (C=O) groups excluding carboxylic acids is 8. The van der Waals surface area contributed by atoms with Crippen LogP contribution >= 0.6 is 11.6 Å². The van der Waals surface area contributed by atoms with Gasteiger partial charge in [-0.25, -0.2) is 14.4 Å². The Kier molecular flexibility index (Phi) is 26.0. The van der Waals surface area contributed by atoms with Crippen molar-refractivity contribution in [3.63, 3.8) is 0 Å². The second-order valence-corrected chi connectivity index (χ2v) is 23.5. The summed E-state index contributed by atoms with van der Waals surface area (Å²) in [4.78, 5) is 128. The molecule has 1 aromatic heterocycles. The van der Waals surface area contributed by atoms with E-state index in [0.717, 1.165) is 28.4 Å². The van der Waals surface area contributed by atoms with Crippen LogP contribution in [0.1, 0.15) is 79.9 Å². The first-order chi connectivity index (χ1) is 43.6. The molecule has 27 heteroatoms. The number of halogens is 1. The SMILES string of the molecule is CC(C)[C@H](NC(=O)[C@H](CCCNC(N)=O)NC(=O)CCOCCOCCC(=O)N1CCC(C(=O)O)CC1)C(=O)Nc1ccc(COC(=O)N(C)CCN(C)C(=O)Oc2cc3c(c4ccccc24)[C@H](CCl)CN3C(=O)c2cc3cc(OCCN(C)C)ccc3[nH]2)cc1. The monoisotopic (exact) mass is 1280 g/mol. The number of nitrogens with two attached hydrogens (primary N) is 1. The van der Waals surface area contributed by atoms with E-state index in [-0.39, 0.29) is 108 Å². The third-order valence-electron chi connectivity index (χ3n) is 15.7. The van der Waals surface area contributed by atoms with Crippen LogP contribution in [-0.4, -0.2) is 208 Å². The van der Waals surface area contributed by atoms with Gasteiger partial charge in [0.2, 0.25) is 23.6 Å². The summed E-state index contributed by atoms with van der Waals surface area (Å²) < 4.78 is 28.6. The molecule has 0 radical (unpaired) electrons. The Labute approximate surface area is 533 Å². The van der Waals surface area contributed by atoms with Crippen molar-refractivity contribution < 1.29 is 71.9 Å². The van der Waals surface area contributed by atoms with Crippen molar-refractivity contribution in [1.82, 2.24) is 40.5 Å². The molecule has 0 aliphatic carbocycles. The van der Waals surface area contributed by atoms with Gasteiger partial charge in [-0.15, -0.1) is 11.6 Å². The fourth-order valence-electron chi connectivity index (χ4n) is 10.5. The average Bonchev–Trinajstić information content (AvgIpc) is 1.63. The van der Waals surface area contributed by atoms with E-state index in [4.69, 9.17) is 41.0 Å². The van der Waals surface area contributed by atoms with Gasteiger partial charge in [-0.05, 0) is 98.6 Å². The number of amides is 9. The van der Waals surface area contributed by atoms with Crippen molar-refractivity contribution in [1.29, 1.82) is 0 Å². The van der Waals surface area contributed by atoms with Crippen LogP contribution in [0.5, 0.6) is 11.5 Å². The Morgan fingerprint density at radius 3 is 2.12 bits per heavy atom. The lowest BCUT2D eigenvalue weighted by Crippen LogP contribution is -2.54. The number of benzene rings is 4. The highest BCUT2D eigenvalue weighted by Gasteiger charge is 2.37. The van der Waals surface area contributed by atoms with Gasteiger partial charge >= 0.3 is 24.2 Å². The van der Waals surface area contributed by atoms with Crippen molar-refractivity contribution in [2.75, 3.05) is 123 Å². The number of carboxylic acid groups (broad SMARTS) is 1.